The van der Waals surface area contributed by atoms with Crippen molar-refractivity contribution in [1.82, 2.24) is 15.6 Å². The van der Waals surface area contributed by atoms with Gasteiger partial charge in [-0.3, -0.25) is 9.78 Å². The molecule has 1 unspecified atom stereocenters. The van der Waals surface area contributed by atoms with Crippen molar-refractivity contribution in [3.63, 3.8) is 0 Å². The van der Waals surface area contributed by atoms with Crippen LogP contribution in [-0.2, 0) is 4.79 Å². The predicted octanol–water partition coefficient (Wildman–Crippen LogP) is 2.04. The van der Waals surface area contributed by atoms with Gasteiger partial charge in [0.05, 0.1) is 11.7 Å². The minimum atomic E-state index is -0.0123. The average molecular weight is 261 g/mol. The highest BCUT2D eigenvalue weighted by atomic mass is 16.1. The van der Waals surface area contributed by atoms with Crippen molar-refractivity contribution in [3.05, 3.63) is 30.1 Å². The molecule has 1 aromatic heterocycles. The molecule has 0 aliphatic carbocycles. The average Bonchev–Trinajstić information content (AvgIpc) is 2.47. The highest BCUT2D eigenvalue weighted by molar-refractivity contribution is 5.76. The van der Waals surface area contributed by atoms with Gasteiger partial charge in [-0.1, -0.05) is 6.07 Å². The molecule has 1 saturated heterocycles. The van der Waals surface area contributed by atoms with Gasteiger partial charge >= 0.3 is 0 Å². The van der Waals surface area contributed by atoms with Crippen LogP contribution in [0.25, 0.3) is 0 Å². The minimum absolute atomic E-state index is 0.0123. The van der Waals surface area contributed by atoms with Gasteiger partial charge in [-0.2, -0.15) is 0 Å². The molecule has 1 aliphatic rings. The number of aromatic nitrogens is 1. The monoisotopic (exact) mass is 261 g/mol. The van der Waals surface area contributed by atoms with Crippen LogP contribution in [0.5, 0.6) is 0 Å². The van der Waals surface area contributed by atoms with Gasteiger partial charge in [0.15, 0.2) is 0 Å². The standard InChI is InChI=1S/C15H23N3O/c1-12(14-4-2-3-9-17-14)18-15(19)6-5-13-7-10-16-11-8-13/h2-4,9,12-13,16H,5-8,10-11H2,1H3,(H,18,19). The van der Waals surface area contributed by atoms with Gasteiger partial charge in [0, 0.05) is 12.6 Å². The molecule has 1 amide bonds. The Hall–Kier alpha value is -1.42. The molecular weight excluding hydrogens is 238 g/mol. The zero-order valence-electron chi connectivity index (χ0n) is 11.6. The van der Waals surface area contributed by atoms with Crippen LogP contribution in [0.4, 0.5) is 0 Å². The lowest BCUT2D eigenvalue weighted by Gasteiger charge is -2.22. The fourth-order valence-electron chi connectivity index (χ4n) is 2.53. The molecule has 0 aromatic carbocycles. The molecule has 2 N–H and O–H groups in total. The fourth-order valence-corrected chi connectivity index (χ4v) is 2.53. The number of pyridine rings is 1. The third-order valence-corrected chi connectivity index (χ3v) is 3.75. The van der Waals surface area contributed by atoms with Crippen LogP contribution in [0.1, 0.15) is 44.3 Å². The number of carbonyl (C=O) groups is 1. The van der Waals surface area contributed by atoms with Crippen molar-refractivity contribution < 1.29 is 4.79 Å². The summed E-state index contributed by atoms with van der Waals surface area (Å²) >= 11 is 0. The van der Waals surface area contributed by atoms with Gasteiger partial charge < -0.3 is 10.6 Å². The van der Waals surface area contributed by atoms with Crippen molar-refractivity contribution in [2.24, 2.45) is 5.92 Å². The summed E-state index contributed by atoms with van der Waals surface area (Å²) < 4.78 is 0. The van der Waals surface area contributed by atoms with E-state index in [-0.39, 0.29) is 11.9 Å². The van der Waals surface area contributed by atoms with Gasteiger partial charge in [-0.15, -0.1) is 0 Å². The third-order valence-electron chi connectivity index (χ3n) is 3.75. The Morgan fingerprint density at radius 3 is 2.95 bits per heavy atom. The number of hydrogen-bond donors (Lipinski definition) is 2. The van der Waals surface area contributed by atoms with E-state index in [1.54, 1.807) is 6.20 Å². The Morgan fingerprint density at radius 2 is 2.26 bits per heavy atom. The first kappa shape index (κ1) is 14.0. The molecule has 104 valence electrons. The molecule has 0 saturated carbocycles. The first-order valence-corrected chi connectivity index (χ1v) is 7.16. The van der Waals surface area contributed by atoms with Crippen molar-refractivity contribution in [3.8, 4) is 0 Å². The topological polar surface area (TPSA) is 54.0 Å². The molecular formula is C15H23N3O. The van der Waals surface area contributed by atoms with Gasteiger partial charge in [0.25, 0.3) is 0 Å². The van der Waals surface area contributed by atoms with Gasteiger partial charge in [-0.25, -0.2) is 0 Å². The van der Waals surface area contributed by atoms with Crippen LogP contribution in [0.2, 0.25) is 0 Å². The van der Waals surface area contributed by atoms with E-state index < -0.39 is 0 Å². The Kier molecular flexibility index (Phi) is 5.33. The van der Waals surface area contributed by atoms with E-state index in [0.29, 0.717) is 12.3 Å². The number of carbonyl (C=O) groups excluding carboxylic acids is 1. The normalized spacial score (nSPS) is 17.9. The van der Waals surface area contributed by atoms with Crippen molar-refractivity contribution >= 4 is 5.91 Å². The number of nitrogens with one attached hydrogen (secondary N) is 2. The molecule has 4 nitrogen and oxygen atoms in total. The number of rotatable bonds is 5. The van der Waals surface area contributed by atoms with E-state index >= 15 is 0 Å². The molecule has 0 radical (unpaired) electrons. The molecule has 1 fully saturated rings. The Bertz CT molecular complexity index is 388. The Labute approximate surface area is 115 Å². The Morgan fingerprint density at radius 1 is 1.47 bits per heavy atom. The largest absolute Gasteiger partial charge is 0.348 e. The minimum Gasteiger partial charge on any atom is -0.348 e. The lowest BCUT2D eigenvalue weighted by atomic mass is 9.93. The Balaban J connectivity index is 1.71. The number of hydrogen-bond acceptors (Lipinski definition) is 3. The first-order valence-electron chi connectivity index (χ1n) is 7.16. The third kappa shape index (κ3) is 4.63. The summed E-state index contributed by atoms with van der Waals surface area (Å²) in [6.45, 7) is 4.16. The second-order valence-electron chi connectivity index (χ2n) is 5.28. The smallest absolute Gasteiger partial charge is 0.220 e. The SMILES string of the molecule is CC(NC(=O)CCC1CCNCC1)c1ccccn1. The number of amides is 1. The highest BCUT2D eigenvalue weighted by Crippen LogP contribution is 2.18. The molecule has 4 heteroatoms. The first-order chi connectivity index (χ1) is 9.25. The quantitative estimate of drug-likeness (QED) is 0.853. The van der Waals surface area contributed by atoms with Crippen LogP contribution in [-0.4, -0.2) is 24.0 Å². The summed E-state index contributed by atoms with van der Waals surface area (Å²) in [5.74, 6) is 0.842. The van der Waals surface area contributed by atoms with Crippen LogP contribution >= 0.6 is 0 Å². The summed E-state index contributed by atoms with van der Waals surface area (Å²) in [6, 6.07) is 5.76. The second-order valence-corrected chi connectivity index (χ2v) is 5.28. The summed E-state index contributed by atoms with van der Waals surface area (Å²) in [5, 5.41) is 6.37. The fraction of sp³-hybridized carbons (Fsp3) is 0.600. The van der Waals surface area contributed by atoms with Crippen molar-refractivity contribution in [2.45, 2.75) is 38.6 Å². The van der Waals surface area contributed by atoms with E-state index in [1.165, 1.54) is 12.8 Å². The zero-order chi connectivity index (χ0) is 13.5. The van der Waals surface area contributed by atoms with E-state index in [2.05, 4.69) is 15.6 Å². The maximum atomic E-state index is 11.9. The van der Waals surface area contributed by atoms with E-state index in [4.69, 9.17) is 0 Å². The van der Waals surface area contributed by atoms with Crippen molar-refractivity contribution in [1.29, 1.82) is 0 Å². The summed E-state index contributed by atoms with van der Waals surface area (Å²) in [5.41, 5.74) is 0.915. The summed E-state index contributed by atoms with van der Waals surface area (Å²) in [4.78, 5) is 16.2. The molecule has 1 atom stereocenters. The summed E-state index contributed by atoms with van der Waals surface area (Å²) in [7, 11) is 0. The maximum Gasteiger partial charge on any atom is 0.220 e. The lowest BCUT2D eigenvalue weighted by molar-refractivity contribution is -0.122. The van der Waals surface area contributed by atoms with Gasteiger partial charge in [0.1, 0.15) is 0 Å². The zero-order valence-corrected chi connectivity index (χ0v) is 11.6. The molecule has 2 heterocycles. The maximum absolute atomic E-state index is 11.9. The summed E-state index contributed by atoms with van der Waals surface area (Å²) in [6.07, 6.45) is 5.78. The van der Waals surface area contributed by atoms with Crippen molar-refractivity contribution in [2.75, 3.05) is 13.1 Å². The number of nitrogens with zero attached hydrogens (tertiary/aromatic N) is 1. The van der Waals surface area contributed by atoms with Crippen LogP contribution in [0.3, 0.4) is 0 Å². The molecule has 1 aromatic rings. The second kappa shape index (κ2) is 7.24. The van der Waals surface area contributed by atoms with Crippen LogP contribution in [0, 0.1) is 5.92 Å². The lowest BCUT2D eigenvalue weighted by Crippen LogP contribution is -2.30. The molecule has 2 rings (SSSR count). The highest BCUT2D eigenvalue weighted by Gasteiger charge is 2.15. The molecule has 0 spiro atoms. The van der Waals surface area contributed by atoms with Gasteiger partial charge in [-0.05, 0) is 57.3 Å². The van der Waals surface area contributed by atoms with E-state index in [9.17, 15) is 4.79 Å². The van der Waals surface area contributed by atoms with Gasteiger partial charge in [0.2, 0.25) is 5.91 Å². The van der Waals surface area contributed by atoms with Crippen LogP contribution in [0.15, 0.2) is 24.4 Å². The van der Waals surface area contributed by atoms with E-state index in [0.717, 1.165) is 25.2 Å². The molecule has 19 heavy (non-hydrogen) atoms. The predicted molar refractivity (Wildman–Crippen MR) is 75.6 cm³/mol. The molecule has 1 aliphatic heterocycles. The number of piperidine rings is 1. The molecule has 0 bridgehead atoms. The van der Waals surface area contributed by atoms with E-state index in [1.807, 2.05) is 25.1 Å². The van der Waals surface area contributed by atoms with Crippen LogP contribution < -0.4 is 10.6 Å².